The summed E-state index contributed by atoms with van der Waals surface area (Å²) in [6, 6.07) is 1.79. The number of halogens is 1. The fourth-order valence-electron chi connectivity index (χ4n) is 2.17. The van der Waals surface area contributed by atoms with Crippen LogP contribution in [0.3, 0.4) is 0 Å². The number of carbonyl (C=O) groups is 1. The van der Waals surface area contributed by atoms with Crippen molar-refractivity contribution in [2.45, 2.75) is 25.9 Å². The smallest absolute Gasteiger partial charge is 0.257 e. The Balaban J connectivity index is 1.84. The molecule has 5 heteroatoms. The van der Waals surface area contributed by atoms with Crippen molar-refractivity contribution in [2.75, 3.05) is 25.0 Å². The Hall–Kier alpha value is -0.810. The topological polar surface area (TPSA) is 42.7 Å². The highest BCUT2D eigenvalue weighted by Gasteiger charge is 2.24. The first-order valence-corrected chi connectivity index (χ1v) is 7.35. The zero-order valence-electron chi connectivity index (χ0n) is 10.5. The Bertz CT molecular complexity index is 397. The molecule has 1 aliphatic heterocycles. The highest BCUT2D eigenvalue weighted by atomic mass is 79.9. The molecule has 2 rings (SSSR count). The third-order valence-corrected chi connectivity index (χ3v) is 3.46. The van der Waals surface area contributed by atoms with Gasteiger partial charge in [0.25, 0.3) is 5.91 Å². The summed E-state index contributed by atoms with van der Waals surface area (Å²) in [6.45, 7) is 4.10. The molecular weight excluding hydrogens is 298 g/mol. The zero-order chi connectivity index (χ0) is 13.0. The number of hydrogen-bond acceptors (Lipinski definition) is 3. The molecule has 1 aromatic rings. The third-order valence-electron chi connectivity index (χ3n) is 3.14. The minimum absolute atomic E-state index is 0.0609. The van der Waals surface area contributed by atoms with Crippen LogP contribution in [0.1, 0.15) is 29.0 Å². The van der Waals surface area contributed by atoms with Gasteiger partial charge in [-0.2, -0.15) is 0 Å². The van der Waals surface area contributed by atoms with Crippen LogP contribution in [0.4, 0.5) is 0 Å². The van der Waals surface area contributed by atoms with Crippen LogP contribution in [0.15, 0.2) is 16.7 Å². The Kier molecular flexibility index (Phi) is 4.83. The molecule has 1 aliphatic rings. The van der Waals surface area contributed by atoms with Gasteiger partial charge in [-0.05, 0) is 25.8 Å². The van der Waals surface area contributed by atoms with Crippen molar-refractivity contribution in [3.8, 4) is 0 Å². The predicted molar refractivity (Wildman–Crippen MR) is 72.1 cm³/mol. The molecule has 0 saturated carbocycles. The maximum atomic E-state index is 12.2. The SMILES string of the molecule is Cc1cc(C(=O)N2CCC(OCCBr)CC2)co1. The molecular formula is C13H18BrNO3. The molecule has 18 heavy (non-hydrogen) atoms. The minimum atomic E-state index is 0.0609. The first-order chi connectivity index (χ1) is 8.70. The second kappa shape index (κ2) is 6.38. The van der Waals surface area contributed by atoms with Crippen LogP contribution < -0.4 is 0 Å². The molecule has 1 aromatic heterocycles. The van der Waals surface area contributed by atoms with Crippen LogP contribution >= 0.6 is 15.9 Å². The third kappa shape index (κ3) is 3.36. The van der Waals surface area contributed by atoms with Crippen LogP contribution in [0.5, 0.6) is 0 Å². The number of furan rings is 1. The van der Waals surface area contributed by atoms with E-state index in [1.165, 1.54) is 6.26 Å². The van der Waals surface area contributed by atoms with Crippen molar-refractivity contribution >= 4 is 21.8 Å². The van der Waals surface area contributed by atoms with Gasteiger partial charge < -0.3 is 14.1 Å². The van der Waals surface area contributed by atoms with Crippen molar-refractivity contribution in [3.05, 3.63) is 23.7 Å². The number of nitrogens with zero attached hydrogens (tertiary/aromatic N) is 1. The summed E-state index contributed by atoms with van der Waals surface area (Å²) >= 11 is 3.34. The lowest BCUT2D eigenvalue weighted by Gasteiger charge is -2.31. The van der Waals surface area contributed by atoms with E-state index in [-0.39, 0.29) is 12.0 Å². The number of likely N-dealkylation sites (tertiary alicyclic amines) is 1. The number of piperidine rings is 1. The number of alkyl halides is 1. The summed E-state index contributed by atoms with van der Waals surface area (Å²) in [5, 5.41) is 0.862. The molecule has 0 bridgehead atoms. The van der Waals surface area contributed by atoms with Crippen LogP contribution in [0.25, 0.3) is 0 Å². The van der Waals surface area contributed by atoms with E-state index in [4.69, 9.17) is 9.15 Å². The van der Waals surface area contributed by atoms with Gasteiger partial charge in [-0.1, -0.05) is 15.9 Å². The molecule has 1 fully saturated rings. The van der Waals surface area contributed by atoms with E-state index >= 15 is 0 Å². The summed E-state index contributed by atoms with van der Waals surface area (Å²) < 4.78 is 10.8. The second-order valence-electron chi connectivity index (χ2n) is 4.50. The lowest BCUT2D eigenvalue weighted by molar-refractivity contribution is 0.0160. The predicted octanol–water partition coefficient (Wildman–Crippen LogP) is 2.60. The molecule has 1 amide bonds. The molecule has 1 saturated heterocycles. The van der Waals surface area contributed by atoms with Crippen molar-refractivity contribution in [3.63, 3.8) is 0 Å². The highest BCUT2D eigenvalue weighted by molar-refractivity contribution is 9.09. The van der Waals surface area contributed by atoms with E-state index in [9.17, 15) is 4.79 Å². The quantitative estimate of drug-likeness (QED) is 0.802. The molecule has 0 spiro atoms. The molecule has 0 aliphatic carbocycles. The number of ether oxygens (including phenoxy) is 1. The van der Waals surface area contributed by atoms with Crippen molar-refractivity contribution in [2.24, 2.45) is 0 Å². The maximum absolute atomic E-state index is 12.2. The monoisotopic (exact) mass is 315 g/mol. The Morgan fingerprint density at radius 3 is 2.83 bits per heavy atom. The van der Waals surface area contributed by atoms with E-state index in [0.29, 0.717) is 5.56 Å². The maximum Gasteiger partial charge on any atom is 0.257 e. The number of carbonyl (C=O) groups excluding carboxylic acids is 1. The first kappa shape index (κ1) is 13.6. The Labute approximate surface area is 115 Å². The van der Waals surface area contributed by atoms with Gasteiger partial charge >= 0.3 is 0 Å². The lowest BCUT2D eigenvalue weighted by Crippen LogP contribution is -2.40. The van der Waals surface area contributed by atoms with E-state index in [2.05, 4.69) is 15.9 Å². The average molecular weight is 316 g/mol. The number of amides is 1. The molecule has 0 N–H and O–H groups in total. The molecule has 4 nitrogen and oxygen atoms in total. The van der Waals surface area contributed by atoms with Gasteiger partial charge in [-0.3, -0.25) is 4.79 Å². The summed E-state index contributed by atoms with van der Waals surface area (Å²) in [4.78, 5) is 14.0. The van der Waals surface area contributed by atoms with Gasteiger partial charge in [0, 0.05) is 18.4 Å². The van der Waals surface area contributed by atoms with Gasteiger partial charge in [-0.25, -0.2) is 0 Å². The van der Waals surface area contributed by atoms with Gasteiger partial charge in [0.1, 0.15) is 12.0 Å². The van der Waals surface area contributed by atoms with Gasteiger partial charge in [0.05, 0.1) is 18.3 Å². The fourth-order valence-corrected chi connectivity index (χ4v) is 2.36. The van der Waals surface area contributed by atoms with E-state index in [1.807, 2.05) is 11.8 Å². The van der Waals surface area contributed by atoms with Crippen molar-refractivity contribution in [1.29, 1.82) is 0 Å². The zero-order valence-corrected chi connectivity index (χ0v) is 12.1. The molecule has 100 valence electrons. The molecule has 0 unspecified atom stereocenters. The molecule has 0 atom stereocenters. The average Bonchev–Trinajstić information content (AvgIpc) is 2.83. The molecule has 2 heterocycles. The summed E-state index contributed by atoms with van der Waals surface area (Å²) in [7, 11) is 0. The Morgan fingerprint density at radius 2 is 2.28 bits per heavy atom. The second-order valence-corrected chi connectivity index (χ2v) is 5.29. The normalized spacial score (nSPS) is 17.1. The highest BCUT2D eigenvalue weighted by Crippen LogP contribution is 2.17. The molecule has 0 aromatic carbocycles. The van der Waals surface area contributed by atoms with Crippen LogP contribution in [0, 0.1) is 6.92 Å². The van der Waals surface area contributed by atoms with Crippen LogP contribution in [-0.2, 0) is 4.74 Å². The van der Waals surface area contributed by atoms with E-state index in [0.717, 1.165) is 43.6 Å². The van der Waals surface area contributed by atoms with Crippen LogP contribution in [0.2, 0.25) is 0 Å². The minimum Gasteiger partial charge on any atom is -0.469 e. The standard InChI is InChI=1S/C13H18BrNO3/c1-10-8-11(9-18-10)13(16)15-5-2-12(3-6-15)17-7-4-14/h8-9,12H,2-7H2,1H3. The van der Waals surface area contributed by atoms with Gasteiger partial charge in [-0.15, -0.1) is 0 Å². The van der Waals surface area contributed by atoms with Gasteiger partial charge in [0.2, 0.25) is 0 Å². The molecule has 0 radical (unpaired) electrons. The van der Waals surface area contributed by atoms with E-state index < -0.39 is 0 Å². The number of aryl methyl sites for hydroxylation is 1. The fraction of sp³-hybridized carbons (Fsp3) is 0.615. The lowest BCUT2D eigenvalue weighted by atomic mass is 10.1. The Morgan fingerprint density at radius 1 is 1.56 bits per heavy atom. The summed E-state index contributed by atoms with van der Waals surface area (Å²) in [6.07, 6.45) is 3.65. The van der Waals surface area contributed by atoms with Gasteiger partial charge in [0.15, 0.2) is 0 Å². The first-order valence-electron chi connectivity index (χ1n) is 6.22. The van der Waals surface area contributed by atoms with E-state index in [1.54, 1.807) is 6.07 Å². The number of hydrogen-bond donors (Lipinski definition) is 0. The number of rotatable bonds is 4. The summed E-state index contributed by atoms with van der Waals surface area (Å²) in [5.74, 6) is 0.833. The van der Waals surface area contributed by atoms with Crippen molar-refractivity contribution < 1.29 is 13.9 Å². The largest absolute Gasteiger partial charge is 0.469 e. The van der Waals surface area contributed by atoms with Crippen molar-refractivity contribution in [1.82, 2.24) is 4.90 Å². The summed E-state index contributed by atoms with van der Waals surface area (Å²) in [5.41, 5.74) is 0.646. The van der Waals surface area contributed by atoms with Crippen LogP contribution in [-0.4, -0.2) is 41.9 Å².